The van der Waals surface area contributed by atoms with E-state index in [9.17, 15) is 0 Å². The lowest BCUT2D eigenvalue weighted by Crippen LogP contribution is -2.30. The van der Waals surface area contributed by atoms with Gasteiger partial charge in [0, 0.05) is 31.1 Å². The summed E-state index contributed by atoms with van der Waals surface area (Å²) in [7, 11) is 0. The Hall–Kier alpha value is -9.34. The van der Waals surface area contributed by atoms with E-state index in [2.05, 4.69) is 379 Å². The van der Waals surface area contributed by atoms with Crippen molar-refractivity contribution in [2.75, 3.05) is 0 Å². The highest BCUT2D eigenvalue weighted by atomic mass is 127. The minimum Gasteiger partial charge on any atom is -0.456 e. The molecule has 2 heterocycles. The van der Waals surface area contributed by atoms with Gasteiger partial charge in [-0.25, -0.2) is 0 Å². The van der Waals surface area contributed by atoms with Gasteiger partial charge in [0.2, 0.25) is 0 Å². The third kappa shape index (κ3) is 8.85. The summed E-state index contributed by atoms with van der Waals surface area (Å²) in [6.07, 6.45) is 1.03. The third-order valence-corrected chi connectivity index (χ3v) is 20.2. The molecular weight excluding hydrogens is 1290 g/mol. The van der Waals surface area contributed by atoms with Crippen LogP contribution in [0.15, 0.2) is 349 Å². The third-order valence-electron chi connectivity index (χ3n) is 18.1. The molecular formula is C84H58I2O2. The molecule has 0 N–H and O–H groups in total. The fourth-order valence-corrected chi connectivity index (χ4v) is 16.5. The van der Waals surface area contributed by atoms with Crippen LogP contribution < -0.4 is 0 Å². The largest absolute Gasteiger partial charge is 0.456 e. The molecule has 0 amide bonds. The second-order valence-electron chi connectivity index (χ2n) is 22.7. The molecule has 4 heteroatoms. The minimum atomic E-state index is -0.582. The summed E-state index contributed by atoms with van der Waals surface area (Å²) in [6.45, 7) is 0. The molecule has 0 spiro atoms. The Kier molecular flexibility index (Phi) is 14.7. The van der Waals surface area contributed by atoms with E-state index in [1.54, 1.807) is 0 Å². The van der Waals surface area contributed by atoms with Gasteiger partial charge in [-0.1, -0.05) is 328 Å². The summed E-state index contributed by atoms with van der Waals surface area (Å²) in [5.41, 5.74) is 20.6. The summed E-state index contributed by atoms with van der Waals surface area (Å²) in [6, 6.07) is 122. The van der Waals surface area contributed by atoms with Crippen LogP contribution in [0.1, 0.15) is 83.8 Å². The summed E-state index contributed by atoms with van der Waals surface area (Å²) in [5.74, 6) is 1.94. The molecule has 14 aromatic rings. The van der Waals surface area contributed by atoms with Gasteiger partial charge in [-0.05, 0) is 136 Å². The zero-order chi connectivity index (χ0) is 59.1. The molecule has 0 fully saturated rings. The normalized spacial score (nSPS) is 14.5. The number of furan rings is 2. The van der Waals surface area contributed by atoms with Crippen LogP contribution in [0.25, 0.3) is 42.2 Å². The zero-order valence-electron chi connectivity index (χ0n) is 48.1. The van der Waals surface area contributed by atoms with Gasteiger partial charge in [0.15, 0.2) is 0 Å². The van der Waals surface area contributed by atoms with Gasteiger partial charge in [-0.2, -0.15) is 0 Å². The molecule has 3 aliphatic rings. The first kappa shape index (κ1) is 55.3. The van der Waals surface area contributed by atoms with Crippen molar-refractivity contribution in [3.05, 3.63) is 427 Å². The van der Waals surface area contributed by atoms with Gasteiger partial charge < -0.3 is 8.83 Å². The van der Waals surface area contributed by atoms with E-state index in [0.29, 0.717) is 0 Å². The number of fused-ring (bicyclic) bond motifs is 8. The molecule has 2 aromatic heterocycles. The van der Waals surface area contributed by atoms with E-state index >= 15 is 0 Å². The van der Waals surface area contributed by atoms with E-state index < -0.39 is 16.2 Å². The highest BCUT2D eigenvalue weighted by Gasteiger charge is 2.62. The fourth-order valence-electron chi connectivity index (χ4n) is 14.6. The van der Waals surface area contributed by atoms with Crippen LogP contribution in [0.2, 0.25) is 0 Å². The molecule has 17 rings (SSSR count). The Labute approximate surface area is 541 Å². The van der Waals surface area contributed by atoms with Crippen molar-refractivity contribution in [1.29, 1.82) is 0 Å². The van der Waals surface area contributed by atoms with Crippen molar-refractivity contribution in [3.63, 3.8) is 0 Å². The van der Waals surface area contributed by atoms with Crippen molar-refractivity contribution in [1.82, 2.24) is 0 Å². The van der Waals surface area contributed by atoms with Crippen LogP contribution in [0.4, 0.5) is 0 Å². The first-order valence-corrected chi connectivity index (χ1v) is 32.2. The molecule has 0 saturated heterocycles. The van der Waals surface area contributed by atoms with Gasteiger partial charge in [0.25, 0.3) is 0 Å². The lowest BCUT2D eigenvalue weighted by atomic mass is 9.65. The Morgan fingerprint density at radius 2 is 0.580 bits per heavy atom. The first-order valence-electron chi connectivity index (χ1n) is 30.0. The van der Waals surface area contributed by atoms with Crippen molar-refractivity contribution < 1.29 is 8.83 Å². The molecule has 12 aromatic carbocycles. The van der Waals surface area contributed by atoms with Crippen molar-refractivity contribution in [3.8, 4) is 0 Å². The van der Waals surface area contributed by atoms with Crippen LogP contribution >= 0.6 is 45.2 Å². The van der Waals surface area contributed by atoms with E-state index in [-0.39, 0.29) is 0 Å². The van der Waals surface area contributed by atoms with Gasteiger partial charge >= 0.3 is 0 Å². The standard InChI is InChI=1S/C42H28O.C29H18I2O.C13H12/c1-5-17-29(18-6-1)41(30-19-7-2-8-20-30)35-27-15-13-25-33(35)37-39(41)40-38(34-26-14-16-28-36(34)43-40)42(37,31-21-9-3-10-22-31)32-23-11-4-12-24-32;30-26-21-15-7-9-17-23(21)29(19-11-3-1-4-12-19,20-13-5-2-6-14-20)25(26)28-27(31)22-16-8-10-18-24(22)32-28;1-3-7-12(8-4-1)11-13-9-5-2-6-10-13/h1-28H;1-18H;1-10H,11H2. The van der Waals surface area contributed by atoms with Crippen molar-refractivity contribution in [2.24, 2.45) is 0 Å². The van der Waals surface area contributed by atoms with Gasteiger partial charge in [-0.15, -0.1) is 0 Å². The van der Waals surface area contributed by atoms with Crippen LogP contribution in [-0.4, -0.2) is 0 Å². The predicted molar refractivity (Wildman–Crippen MR) is 380 cm³/mol. The fraction of sp³-hybridized carbons (Fsp3) is 0.0476. The Morgan fingerprint density at radius 3 is 1.02 bits per heavy atom. The molecule has 0 saturated carbocycles. The maximum atomic E-state index is 7.09. The molecule has 0 atom stereocenters. The summed E-state index contributed by atoms with van der Waals surface area (Å²) < 4.78 is 16.1. The van der Waals surface area contributed by atoms with E-state index in [0.717, 1.165) is 43.4 Å². The summed E-state index contributed by atoms with van der Waals surface area (Å²) in [5, 5.41) is 2.32. The van der Waals surface area contributed by atoms with Crippen LogP contribution in [-0.2, 0) is 22.7 Å². The van der Waals surface area contributed by atoms with Crippen LogP contribution in [0.3, 0.4) is 0 Å². The average molecular weight is 1350 g/mol. The van der Waals surface area contributed by atoms with E-state index in [1.165, 1.54) is 92.6 Å². The number of rotatable bonds is 9. The minimum absolute atomic E-state index is 0.455. The Morgan fingerprint density at radius 1 is 0.261 bits per heavy atom. The summed E-state index contributed by atoms with van der Waals surface area (Å²) in [4.78, 5) is 0. The number of hydrogen-bond donors (Lipinski definition) is 0. The number of allylic oxidation sites excluding steroid dienone is 3. The lowest BCUT2D eigenvalue weighted by molar-refractivity contribution is 0.582. The van der Waals surface area contributed by atoms with Crippen LogP contribution in [0, 0.1) is 3.57 Å². The second kappa shape index (κ2) is 23.4. The van der Waals surface area contributed by atoms with E-state index in [1.807, 2.05) is 6.07 Å². The molecule has 0 aliphatic heterocycles. The van der Waals surface area contributed by atoms with Crippen molar-refractivity contribution in [2.45, 2.75) is 22.7 Å². The summed E-state index contributed by atoms with van der Waals surface area (Å²) >= 11 is 4.98. The van der Waals surface area contributed by atoms with E-state index in [4.69, 9.17) is 8.83 Å². The number of benzene rings is 12. The number of hydrogen-bond acceptors (Lipinski definition) is 2. The molecule has 420 valence electrons. The quantitative estimate of drug-likeness (QED) is 0.135. The molecule has 88 heavy (non-hydrogen) atoms. The van der Waals surface area contributed by atoms with Gasteiger partial charge in [0.05, 0.1) is 19.8 Å². The lowest BCUT2D eigenvalue weighted by Gasteiger charge is -2.36. The average Bonchev–Trinajstić information content (AvgIpc) is 1.48. The van der Waals surface area contributed by atoms with Crippen molar-refractivity contribution >= 4 is 87.4 Å². The number of para-hydroxylation sites is 2. The maximum absolute atomic E-state index is 7.09. The van der Waals surface area contributed by atoms with Gasteiger partial charge in [0.1, 0.15) is 22.7 Å². The SMILES string of the molecule is IC1=C(c2oc3ccccc3c2I)C(c2ccccc2)(c2ccccc2)c2ccccc21.c1ccc(C2(c3ccccc3)C3=C(c4ccccc42)C(c2ccccc2)(c2ccccc2)c2c3oc3ccccc23)cc1.c1ccc(Cc2ccccc2)cc1. The molecule has 0 radical (unpaired) electrons. The van der Waals surface area contributed by atoms with Gasteiger partial charge in [-0.3, -0.25) is 0 Å². The Bertz CT molecular complexity index is 4700. The molecule has 2 nitrogen and oxygen atoms in total. The number of halogens is 2. The molecule has 3 aliphatic carbocycles. The Balaban J connectivity index is 0.000000126. The zero-order valence-corrected chi connectivity index (χ0v) is 52.4. The maximum Gasteiger partial charge on any atom is 0.147 e. The topological polar surface area (TPSA) is 26.3 Å². The van der Waals surface area contributed by atoms with Crippen LogP contribution in [0.5, 0.6) is 0 Å². The smallest absolute Gasteiger partial charge is 0.147 e. The second-order valence-corrected chi connectivity index (χ2v) is 24.8. The first-order chi connectivity index (χ1) is 43.5. The highest BCUT2D eigenvalue weighted by Crippen LogP contribution is 2.71. The highest BCUT2D eigenvalue weighted by molar-refractivity contribution is 14.1. The molecule has 0 unspecified atom stereocenters. The molecule has 0 bridgehead atoms. The predicted octanol–water partition coefficient (Wildman–Crippen LogP) is 22.0. The monoisotopic (exact) mass is 1350 g/mol.